The van der Waals surface area contributed by atoms with Crippen molar-refractivity contribution in [1.29, 1.82) is 0 Å². The molecule has 0 amide bonds. The van der Waals surface area contributed by atoms with Crippen LogP contribution in [0.1, 0.15) is 27.2 Å². The third-order valence-electron chi connectivity index (χ3n) is 2.71. The van der Waals surface area contributed by atoms with E-state index in [1.807, 2.05) is 6.21 Å². The number of rotatable bonds is 2. The first-order chi connectivity index (χ1) is 5.99. The van der Waals surface area contributed by atoms with Gasteiger partial charge in [-0.25, -0.2) is 0 Å². The van der Waals surface area contributed by atoms with Gasteiger partial charge in [-0.05, 0) is 24.3 Å². The Morgan fingerprint density at radius 2 is 2.23 bits per heavy atom. The SMILES string of the molecule is C=C/N=C\C1=C(C)CC(C)(C)[C@@H]1N. The van der Waals surface area contributed by atoms with Crippen molar-refractivity contribution < 1.29 is 0 Å². The Morgan fingerprint density at radius 3 is 2.62 bits per heavy atom. The lowest BCUT2D eigenvalue weighted by atomic mass is 9.85. The lowest BCUT2D eigenvalue weighted by Gasteiger charge is -2.24. The van der Waals surface area contributed by atoms with E-state index in [1.165, 1.54) is 11.1 Å². The Kier molecular flexibility index (Phi) is 2.71. The number of allylic oxidation sites excluding steroid dienone is 1. The quantitative estimate of drug-likeness (QED) is 0.647. The Hall–Kier alpha value is -0.890. The molecule has 0 unspecified atom stereocenters. The number of nitrogens with two attached hydrogens (primary N) is 1. The van der Waals surface area contributed by atoms with Crippen LogP contribution in [0.15, 0.2) is 28.9 Å². The highest BCUT2D eigenvalue weighted by molar-refractivity contribution is 5.83. The van der Waals surface area contributed by atoms with E-state index in [0.717, 1.165) is 6.42 Å². The van der Waals surface area contributed by atoms with Crippen LogP contribution in [0.3, 0.4) is 0 Å². The summed E-state index contributed by atoms with van der Waals surface area (Å²) in [6.07, 6.45) is 4.44. The van der Waals surface area contributed by atoms with Crippen molar-refractivity contribution in [2.75, 3.05) is 0 Å². The molecule has 1 rings (SSSR count). The molecular formula is C11H18N2. The van der Waals surface area contributed by atoms with Gasteiger partial charge in [0.2, 0.25) is 0 Å². The van der Waals surface area contributed by atoms with Crippen molar-refractivity contribution in [3.63, 3.8) is 0 Å². The predicted molar refractivity (Wildman–Crippen MR) is 57.8 cm³/mol. The monoisotopic (exact) mass is 178 g/mol. The summed E-state index contributed by atoms with van der Waals surface area (Å²) in [5, 5.41) is 0. The Labute approximate surface area is 80.2 Å². The molecule has 2 N–H and O–H groups in total. The summed E-state index contributed by atoms with van der Waals surface area (Å²) in [7, 11) is 0. The molecule has 0 aromatic heterocycles. The molecule has 1 aliphatic carbocycles. The number of hydrogen-bond acceptors (Lipinski definition) is 2. The van der Waals surface area contributed by atoms with Gasteiger partial charge in [0.15, 0.2) is 0 Å². The summed E-state index contributed by atoms with van der Waals surface area (Å²) in [5.41, 5.74) is 8.80. The van der Waals surface area contributed by atoms with Gasteiger partial charge in [-0.2, -0.15) is 0 Å². The second kappa shape index (κ2) is 3.46. The zero-order chi connectivity index (χ0) is 10.1. The van der Waals surface area contributed by atoms with Crippen LogP contribution in [-0.2, 0) is 0 Å². The molecule has 13 heavy (non-hydrogen) atoms. The molecule has 2 heteroatoms. The minimum atomic E-state index is 0.108. The second-order valence-electron chi connectivity index (χ2n) is 4.34. The van der Waals surface area contributed by atoms with Gasteiger partial charge in [-0.3, -0.25) is 4.99 Å². The molecule has 0 spiro atoms. The molecule has 72 valence electrons. The highest BCUT2D eigenvalue weighted by Crippen LogP contribution is 2.39. The maximum atomic E-state index is 6.10. The second-order valence-corrected chi connectivity index (χ2v) is 4.34. The lowest BCUT2D eigenvalue weighted by Crippen LogP contribution is -2.35. The molecular weight excluding hydrogens is 160 g/mol. The molecule has 2 nitrogen and oxygen atoms in total. The largest absolute Gasteiger partial charge is 0.323 e. The summed E-state index contributed by atoms with van der Waals surface area (Å²) in [6, 6.07) is 0.108. The van der Waals surface area contributed by atoms with Gasteiger partial charge in [-0.1, -0.05) is 26.0 Å². The molecule has 1 aliphatic rings. The first-order valence-electron chi connectivity index (χ1n) is 4.58. The lowest BCUT2D eigenvalue weighted by molar-refractivity contribution is 0.344. The summed E-state index contributed by atoms with van der Waals surface area (Å²) in [4.78, 5) is 4.02. The van der Waals surface area contributed by atoms with E-state index in [-0.39, 0.29) is 11.5 Å². The topological polar surface area (TPSA) is 38.4 Å². The first kappa shape index (κ1) is 10.2. The molecule has 0 aromatic rings. The predicted octanol–water partition coefficient (Wildman–Crippen LogP) is 2.27. The van der Waals surface area contributed by atoms with E-state index in [4.69, 9.17) is 5.73 Å². The minimum Gasteiger partial charge on any atom is -0.323 e. The van der Waals surface area contributed by atoms with Crippen LogP contribution in [-0.4, -0.2) is 12.3 Å². The standard InChI is InChI=1S/C11H18N2/c1-5-13-7-9-8(2)6-11(3,4)10(9)12/h5,7,10H,1,6,12H2,2-4H3/b13-7-/t10-/m1/s1. The fourth-order valence-electron chi connectivity index (χ4n) is 1.91. The highest BCUT2D eigenvalue weighted by atomic mass is 14.7. The van der Waals surface area contributed by atoms with E-state index in [2.05, 4.69) is 32.3 Å². The van der Waals surface area contributed by atoms with Gasteiger partial charge in [0.1, 0.15) is 0 Å². The van der Waals surface area contributed by atoms with Crippen molar-refractivity contribution in [1.82, 2.24) is 0 Å². The molecule has 0 heterocycles. The molecule has 0 aliphatic heterocycles. The van der Waals surface area contributed by atoms with Crippen LogP contribution in [0.4, 0.5) is 0 Å². The fourth-order valence-corrected chi connectivity index (χ4v) is 1.91. The third kappa shape index (κ3) is 1.89. The summed E-state index contributed by atoms with van der Waals surface area (Å²) >= 11 is 0. The Balaban J connectivity index is 2.90. The molecule has 0 saturated carbocycles. The van der Waals surface area contributed by atoms with Crippen LogP contribution >= 0.6 is 0 Å². The number of nitrogens with zero attached hydrogens (tertiary/aromatic N) is 1. The minimum absolute atomic E-state index is 0.108. The van der Waals surface area contributed by atoms with Crippen LogP contribution in [0.5, 0.6) is 0 Å². The molecule has 0 bridgehead atoms. The smallest absolute Gasteiger partial charge is 0.0364 e. The van der Waals surface area contributed by atoms with Gasteiger partial charge in [0.05, 0.1) is 0 Å². The maximum Gasteiger partial charge on any atom is 0.0364 e. The van der Waals surface area contributed by atoms with Gasteiger partial charge in [-0.15, -0.1) is 0 Å². The van der Waals surface area contributed by atoms with Gasteiger partial charge < -0.3 is 5.73 Å². The number of aliphatic imine (C=N–C) groups is 1. The van der Waals surface area contributed by atoms with Crippen molar-refractivity contribution in [3.05, 3.63) is 23.9 Å². The summed E-state index contributed by atoms with van der Waals surface area (Å²) in [5.74, 6) is 0. The zero-order valence-corrected chi connectivity index (χ0v) is 8.67. The third-order valence-corrected chi connectivity index (χ3v) is 2.71. The van der Waals surface area contributed by atoms with E-state index in [0.29, 0.717) is 0 Å². The van der Waals surface area contributed by atoms with Crippen LogP contribution in [0.2, 0.25) is 0 Å². The van der Waals surface area contributed by atoms with Gasteiger partial charge >= 0.3 is 0 Å². The molecule has 1 atom stereocenters. The maximum absolute atomic E-state index is 6.10. The highest BCUT2D eigenvalue weighted by Gasteiger charge is 2.35. The van der Waals surface area contributed by atoms with E-state index in [1.54, 1.807) is 6.20 Å². The molecule has 0 radical (unpaired) electrons. The zero-order valence-electron chi connectivity index (χ0n) is 8.67. The van der Waals surface area contributed by atoms with Crippen LogP contribution in [0.25, 0.3) is 0 Å². The fraction of sp³-hybridized carbons (Fsp3) is 0.545. The average Bonchev–Trinajstić information content (AvgIpc) is 2.21. The van der Waals surface area contributed by atoms with Crippen LogP contribution in [0, 0.1) is 5.41 Å². The number of hydrogen-bond donors (Lipinski definition) is 1. The van der Waals surface area contributed by atoms with Crippen LogP contribution < -0.4 is 5.73 Å². The Morgan fingerprint density at radius 1 is 1.62 bits per heavy atom. The van der Waals surface area contributed by atoms with Gasteiger partial charge in [0.25, 0.3) is 0 Å². The van der Waals surface area contributed by atoms with Gasteiger partial charge in [0, 0.05) is 18.5 Å². The van der Waals surface area contributed by atoms with E-state index < -0.39 is 0 Å². The summed E-state index contributed by atoms with van der Waals surface area (Å²) in [6.45, 7) is 10.1. The van der Waals surface area contributed by atoms with Crippen molar-refractivity contribution in [2.45, 2.75) is 33.2 Å². The molecule has 0 fully saturated rings. The Bertz CT molecular complexity index is 272. The normalized spacial score (nSPS) is 27.2. The molecule has 0 aromatic carbocycles. The van der Waals surface area contributed by atoms with E-state index >= 15 is 0 Å². The molecule has 0 saturated heterocycles. The summed E-state index contributed by atoms with van der Waals surface area (Å²) < 4.78 is 0. The van der Waals surface area contributed by atoms with Crippen molar-refractivity contribution in [3.8, 4) is 0 Å². The van der Waals surface area contributed by atoms with Crippen molar-refractivity contribution in [2.24, 2.45) is 16.1 Å². The first-order valence-corrected chi connectivity index (χ1v) is 4.58. The van der Waals surface area contributed by atoms with E-state index in [9.17, 15) is 0 Å². The average molecular weight is 178 g/mol. The van der Waals surface area contributed by atoms with Crippen molar-refractivity contribution >= 4 is 6.21 Å².